The Morgan fingerprint density at radius 3 is 2.28 bits per heavy atom. The number of para-hydroxylation sites is 1. The van der Waals surface area contributed by atoms with Crippen LogP contribution in [0.2, 0.25) is 0 Å². The normalized spacial score (nSPS) is 10.2. The highest BCUT2D eigenvalue weighted by Gasteiger charge is 2.15. The second kappa shape index (κ2) is 9.01. The Labute approximate surface area is 163 Å². The molecule has 5 nitrogen and oxygen atoms in total. The number of benzene rings is 2. The third-order valence-electron chi connectivity index (χ3n) is 3.40. The Balaban J connectivity index is 1.85. The second-order valence-electron chi connectivity index (χ2n) is 5.50. The van der Waals surface area contributed by atoms with E-state index in [1.807, 2.05) is 49.4 Å². The molecule has 0 radical (unpaired) electrons. The van der Waals surface area contributed by atoms with Gasteiger partial charge in [-0.3, -0.25) is 9.59 Å². The first-order chi connectivity index (χ1) is 11.9. The zero-order valence-electron chi connectivity index (χ0n) is 13.9. The van der Waals surface area contributed by atoms with Gasteiger partial charge in [-0.25, -0.2) is 0 Å². The minimum Gasteiger partial charge on any atom is -0.481 e. The number of nitrogens with zero attached hydrogens (tertiary/aromatic N) is 1. The van der Waals surface area contributed by atoms with E-state index in [1.165, 1.54) is 4.90 Å². The maximum atomic E-state index is 12.2. The van der Waals surface area contributed by atoms with Crippen molar-refractivity contribution in [3.63, 3.8) is 0 Å². The number of carbonyl (C=O) groups is 2. The molecule has 0 aliphatic rings. The average Bonchev–Trinajstić information content (AvgIpc) is 2.56. The van der Waals surface area contributed by atoms with Crippen molar-refractivity contribution < 1.29 is 14.3 Å². The zero-order valence-corrected chi connectivity index (χ0v) is 17.1. The molecule has 0 aliphatic carbocycles. The lowest BCUT2D eigenvalue weighted by atomic mass is 10.2. The molecule has 132 valence electrons. The number of ether oxygens (including phenoxy) is 1. The molecule has 0 saturated heterocycles. The molecule has 0 atom stereocenters. The molecule has 0 spiro atoms. The lowest BCUT2D eigenvalue weighted by molar-refractivity contribution is -0.135. The Morgan fingerprint density at radius 1 is 1.08 bits per heavy atom. The molecular formula is C18H18Br2N2O3. The van der Waals surface area contributed by atoms with Crippen LogP contribution in [0.4, 0.5) is 5.69 Å². The summed E-state index contributed by atoms with van der Waals surface area (Å²) in [6, 6.07) is 13.0. The predicted molar refractivity (Wildman–Crippen MR) is 105 cm³/mol. The van der Waals surface area contributed by atoms with Crippen LogP contribution in [0.5, 0.6) is 5.75 Å². The lowest BCUT2D eigenvalue weighted by Crippen LogP contribution is -2.37. The van der Waals surface area contributed by atoms with Gasteiger partial charge in [0.05, 0.1) is 15.5 Å². The fourth-order valence-corrected chi connectivity index (χ4v) is 3.23. The van der Waals surface area contributed by atoms with E-state index in [9.17, 15) is 9.59 Å². The van der Waals surface area contributed by atoms with Crippen molar-refractivity contribution in [3.05, 3.63) is 57.0 Å². The van der Waals surface area contributed by atoms with Gasteiger partial charge < -0.3 is 15.0 Å². The van der Waals surface area contributed by atoms with Gasteiger partial charge in [-0.2, -0.15) is 0 Å². The molecule has 2 aromatic rings. The molecule has 0 fully saturated rings. The smallest absolute Gasteiger partial charge is 0.260 e. The quantitative estimate of drug-likeness (QED) is 0.695. The van der Waals surface area contributed by atoms with Crippen LogP contribution in [0.15, 0.2) is 51.4 Å². The van der Waals surface area contributed by atoms with E-state index in [0.29, 0.717) is 11.4 Å². The fourth-order valence-electron chi connectivity index (χ4n) is 2.01. The molecule has 0 heterocycles. The molecule has 7 heteroatoms. The van der Waals surface area contributed by atoms with Crippen LogP contribution in [-0.4, -0.2) is 36.9 Å². The highest BCUT2D eigenvalue weighted by Crippen LogP contribution is 2.32. The standard InChI is InChI=1S/C18H18Br2N2O3/c1-12-6-8-13(9-7-12)21-16(23)10-22(2)17(24)11-25-18-14(19)4-3-5-15(18)20/h3-9H,10-11H2,1-2H3,(H,21,23). The maximum absolute atomic E-state index is 12.2. The molecule has 0 aromatic heterocycles. The van der Waals surface area contributed by atoms with Crippen LogP contribution in [0.1, 0.15) is 5.56 Å². The van der Waals surface area contributed by atoms with Crippen molar-refractivity contribution in [2.45, 2.75) is 6.92 Å². The Morgan fingerprint density at radius 2 is 1.68 bits per heavy atom. The van der Waals surface area contributed by atoms with E-state index in [2.05, 4.69) is 37.2 Å². The number of likely N-dealkylation sites (N-methyl/N-ethyl adjacent to an activating group) is 1. The van der Waals surface area contributed by atoms with E-state index >= 15 is 0 Å². The molecular weight excluding hydrogens is 452 g/mol. The molecule has 2 aromatic carbocycles. The van der Waals surface area contributed by atoms with E-state index in [0.717, 1.165) is 14.5 Å². The summed E-state index contributed by atoms with van der Waals surface area (Å²) in [6.07, 6.45) is 0. The van der Waals surface area contributed by atoms with Crippen LogP contribution >= 0.6 is 31.9 Å². The molecule has 0 bridgehead atoms. The van der Waals surface area contributed by atoms with Crippen LogP contribution in [0.25, 0.3) is 0 Å². The first kappa shape index (κ1) is 19.5. The number of hydrogen-bond acceptors (Lipinski definition) is 3. The van der Waals surface area contributed by atoms with E-state index in [4.69, 9.17) is 4.74 Å². The number of amides is 2. The highest BCUT2D eigenvalue weighted by atomic mass is 79.9. The summed E-state index contributed by atoms with van der Waals surface area (Å²) in [6.45, 7) is 1.77. The number of hydrogen-bond donors (Lipinski definition) is 1. The van der Waals surface area contributed by atoms with Crippen LogP contribution < -0.4 is 10.1 Å². The summed E-state index contributed by atoms with van der Waals surface area (Å²) < 4.78 is 7.04. The van der Waals surface area contributed by atoms with Crippen molar-refractivity contribution in [2.75, 3.05) is 25.5 Å². The van der Waals surface area contributed by atoms with Crippen molar-refractivity contribution in [1.82, 2.24) is 4.90 Å². The summed E-state index contributed by atoms with van der Waals surface area (Å²) >= 11 is 6.75. The molecule has 2 rings (SSSR count). The van der Waals surface area contributed by atoms with Gasteiger partial charge >= 0.3 is 0 Å². The first-order valence-corrected chi connectivity index (χ1v) is 9.12. The van der Waals surface area contributed by atoms with Gasteiger partial charge in [0.2, 0.25) is 5.91 Å². The number of nitrogens with one attached hydrogen (secondary N) is 1. The van der Waals surface area contributed by atoms with E-state index < -0.39 is 0 Å². The number of aryl methyl sites for hydroxylation is 1. The molecule has 0 unspecified atom stereocenters. The Hall–Kier alpha value is -1.86. The highest BCUT2D eigenvalue weighted by molar-refractivity contribution is 9.11. The number of rotatable bonds is 6. The van der Waals surface area contributed by atoms with Gasteiger partial charge in [-0.1, -0.05) is 23.8 Å². The van der Waals surface area contributed by atoms with Gasteiger partial charge in [0.25, 0.3) is 5.91 Å². The molecule has 25 heavy (non-hydrogen) atoms. The second-order valence-corrected chi connectivity index (χ2v) is 7.21. The summed E-state index contributed by atoms with van der Waals surface area (Å²) in [5.74, 6) is -0.00292. The van der Waals surface area contributed by atoms with Crippen LogP contribution in [-0.2, 0) is 9.59 Å². The van der Waals surface area contributed by atoms with Gasteiger partial charge in [0.15, 0.2) is 6.61 Å². The lowest BCUT2D eigenvalue weighted by Gasteiger charge is -2.18. The van der Waals surface area contributed by atoms with E-state index in [1.54, 1.807) is 7.05 Å². The van der Waals surface area contributed by atoms with Gasteiger partial charge in [0, 0.05) is 12.7 Å². The Bertz CT molecular complexity index is 743. The zero-order chi connectivity index (χ0) is 18.4. The van der Waals surface area contributed by atoms with E-state index in [-0.39, 0.29) is 25.0 Å². The van der Waals surface area contributed by atoms with Gasteiger partial charge in [-0.05, 0) is 63.0 Å². The topological polar surface area (TPSA) is 58.6 Å². The number of carbonyl (C=O) groups excluding carboxylic acids is 2. The Kier molecular flexibility index (Phi) is 7.01. The molecule has 1 N–H and O–H groups in total. The van der Waals surface area contributed by atoms with Crippen molar-refractivity contribution in [3.8, 4) is 5.75 Å². The minimum atomic E-state index is -0.290. The molecule has 2 amide bonds. The predicted octanol–water partition coefficient (Wildman–Crippen LogP) is 4.00. The summed E-state index contributed by atoms with van der Waals surface area (Å²) in [7, 11) is 1.56. The van der Waals surface area contributed by atoms with Gasteiger partial charge in [-0.15, -0.1) is 0 Å². The third-order valence-corrected chi connectivity index (χ3v) is 4.65. The summed E-state index contributed by atoms with van der Waals surface area (Å²) in [5, 5.41) is 2.76. The minimum absolute atomic E-state index is 0.0484. The van der Waals surface area contributed by atoms with Gasteiger partial charge in [0.1, 0.15) is 5.75 Å². The summed E-state index contributed by atoms with van der Waals surface area (Å²) in [5.41, 5.74) is 1.81. The maximum Gasteiger partial charge on any atom is 0.260 e. The largest absolute Gasteiger partial charge is 0.481 e. The van der Waals surface area contributed by atoms with Crippen LogP contribution in [0.3, 0.4) is 0 Å². The van der Waals surface area contributed by atoms with Crippen molar-refractivity contribution >= 4 is 49.4 Å². The third kappa shape index (κ3) is 5.86. The molecule has 0 aliphatic heterocycles. The van der Waals surface area contributed by atoms with Crippen LogP contribution in [0, 0.1) is 6.92 Å². The molecule has 0 saturated carbocycles. The summed E-state index contributed by atoms with van der Waals surface area (Å²) in [4.78, 5) is 25.5. The fraction of sp³-hybridized carbons (Fsp3) is 0.222. The average molecular weight is 470 g/mol. The number of halogens is 2. The number of anilines is 1. The van der Waals surface area contributed by atoms with Crippen molar-refractivity contribution in [2.24, 2.45) is 0 Å². The monoisotopic (exact) mass is 468 g/mol. The SMILES string of the molecule is Cc1ccc(NC(=O)CN(C)C(=O)COc2c(Br)cccc2Br)cc1. The van der Waals surface area contributed by atoms with Crippen molar-refractivity contribution in [1.29, 1.82) is 0 Å². The first-order valence-electron chi connectivity index (χ1n) is 7.54.